The van der Waals surface area contributed by atoms with Gasteiger partial charge in [0.15, 0.2) is 0 Å². The van der Waals surface area contributed by atoms with Crippen LogP contribution in [-0.2, 0) is 0 Å². The van der Waals surface area contributed by atoms with E-state index >= 15 is 0 Å². The molecular weight excluding hydrogens is 240 g/mol. The van der Waals surface area contributed by atoms with Crippen molar-refractivity contribution in [2.45, 2.75) is 54.9 Å². The van der Waals surface area contributed by atoms with Crippen molar-refractivity contribution in [2.75, 3.05) is 0 Å². The van der Waals surface area contributed by atoms with Crippen LogP contribution in [0.3, 0.4) is 0 Å². The second kappa shape index (κ2) is 22.6. The van der Waals surface area contributed by atoms with Gasteiger partial charge in [0.2, 0.25) is 0 Å². The lowest BCUT2D eigenvalue weighted by Gasteiger charge is -2.05. The summed E-state index contributed by atoms with van der Waals surface area (Å²) in [4.78, 5) is 0. The van der Waals surface area contributed by atoms with E-state index in [9.17, 15) is 0 Å². The van der Waals surface area contributed by atoms with Crippen LogP contribution in [0, 0.1) is 0 Å². The molecule has 0 saturated heterocycles. The van der Waals surface area contributed by atoms with E-state index < -0.39 is 0 Å². The Balaban J connectivity index is -0.000000187. The number of allylic oxidation sites excluding steroid dienone is 7. The fraction of sp³-hybridized carbons (Fsp3) is 0.400. The predicted molar refractivity (Wildman–Crippen MR) is 100 cm³/mol. The van der Waals surface area contributed by atoms with E-state index in [1.165, 1.54) is 5.57 Å². The van der Waals surface area contributed by atoms with E-state index in [1.807, 2.05) is 59.8 Å². The highest BCUT2D eigenvalue weighted by molar-refractivity contribution is 5.48. The van der Waals surface area contributed by atoms with Crippen molar-refractivity contribution in [3.8, 4) is 0 Å². The Kier molecular flexibility index (Phi) is 30.4. The second-order valence-corrected chi connectivity index (χ2v) is 3.32. The van der Waals surface area contributed by atoms with Crippen LogP contribution in [0.15, 0.2) is 73.4 Å². The Morgan fingerprint density at radius 1 is 0.900 bits per heavy atom. The zero-order valence-corrected chi connectivity index (χ0v) is 15.0. The summed E-state index contributed by atoms with van der Waals surface area (Å²) in [5, 5.41) is 0. The molecule has 0 nitrogen and oxygen atoms in total. The molecule has 0 fully saturated rings. The van der Waals surface area contributed by atoms with Gasteiger partial charge in [-0.1, -0.05) is 78.2 Å². The topological polar surface area (TPSA) is 0 Å². The molecule has 0 heteroatoms. The minimum Gasteiger partial charge on any atom is -0.106 e. The first-order valence-corrected chi connectivity index (χ1v) is 7.40. The Labute approximate surface area is 129 Å². The van der Waals surface area contributed by atoms with Crippen molar-refractivity contribution in [3.63, 3.8) is 0 Å². The Bertz CT molecular complexity index is 311. The van der Waals surface area contributed by atoms with Crippen molar-refractivity contribution in [3.05, 3.63) is 73.4 Å². The van der Waals surface area contributed by atoms with Gasteiger partial charge in [-0.3, -0.25) is 0 Å². The van der Waals surface area contributed by atoms with Crippen molar-refractivity contribution < 1.29 is 0 Å². The average molecular weight is 277 g/mol. The Hall–Kier alpha value is -1.56. The molecule has 20 heavy (non-hydrogen) atoms. The SMILES string of the molecule is C=C.C=C(/C=C\C(=C)C(=C)/C(C)=C\C)CC.CC.CC. The van der Waals surface area contributed by atoms with Crippen LogP contribution in [0.2, 0.25) is 0 Å². The van der Waals surface area contributed by atoms with E-state index in [-0.39, 0.29) is 0 Å². The van der Waals surface area contributed by atoms with Crippen molar-refractivity contribution in [1.29, 1.82) is 0 Å². The van der Waals surface area contributed by atoms with Crippen LogP contribution >= 0.6 is 0 Å². The molecule has 116 valence electrons. The van der Waals surface area contributed by atoms with Crippen molar-refractivity contribution in [1.82, 2.24) is 0 Å². The van der Waals surface area contributed by atoms with E-state index in [1.54, 1.807) is 0 Å². The molecular formula is C20H36. The third-order valence-corrected chi connectivity index (χ3v) is 2.27. The highest BCUT2D eigenvalue weighted by Gasteiger charge is 1.97. The average Bonchev–Trinajstić information content (AvgIpc) is 2.56. The van der Waals surface area contributed by atoms with Gasteiger partial charge in [0, 0.05) is 0 Å². The lowest BCUT2D eigenvalue weighted by molar-refractivity contribution is 1.16. The summed E-state index contributed by atoms with van der Waals surface area (Å²) in [5.41, 5.74) is 4.22. The lowest BCUT2D eigenvalue weighted by Crippen LogP contribution is -1.85. The molecule has 0 radical (unpaired) electrons. The highest BCUT2D eigenvalue weighted by Crippen LogP contribution is 2.17. The van der Waals surface area contributed by atoms with Crippen LogP contribution in [-0.4, -0.2) is 0 Å². The minimum absolute atomic E-state index is 0.954. The Morgan fingerprint density at radius 2 is 1.30 bits per heavy atom. The zero-order valence-electron chi connectivity index (χ0n) is 15.0. The first kappa shape index (κ1) is 26.9. The van der Waals surface area contributed by atoms with Crippen LogP contribution in [0.5, 0.6) is 0 Å². The van der Waals surface area contributed by atoms with Gasteiger partial charge in [0.1, 0.15) is 0 Å². The summed E-state index contributed by atoms with van der Waals surface area (Å²) in [7, 11) is 0. The molecule has 0 heterocycles. The molecule has 0 bridgehead atoms. The van der Waals surface area contributed by atoms with Crippen molar-refractivity contribution in [2.24, 2.45) is 0 Å². The molecule has 0 amide bonds. The number of hydrogen-bond donors (Lipinski definition) is 0. The van der Waals surface area contributed by atoms with E-state index in [2.05, 4.69) is 39.8 Å². The lowest BCUT2D eigenvalue weighted by atomic mass is 10.0. The van der Waals surface area contributed by atoms with E-state index in [0.29, 0.717) is 0 Å². The summed E-state index contributed by atoms with van der Waals surface area (Å²) in [6.07, 6.45) is 6.98. The first-order valence-electron chi connectivity index (χ1n) is 7.40. The molecule has 0 aliphatic carbocycles. The summed E-state index contributed by atoms with van der Waals surface area (Å²) in [5.74, 6) is 0. The Morgan fingerprint density at radius 3 is 1.60 bits per heavy atom. The number of hydrogen-bond acceptors (Lipinski definition) is 0. The van der Waals surface area contributed by atoms with E-state index in [4.69, 9.17) is 0 Å². The molecule has 0 atom stereocenters. The highest BCUT2D eigenvalue weighted by atomic mass is 14.0. The van der Waals surface area contributed by atoms with Gasteiger partial charge >= 0.3 is 0 Å². The molecule has 0 aliphatic heterocycles. The molecule has 0 rings (SSSR count). The smallest absolute Gasteiger partial charge is 0.0236 e. The van der Waals surface area contributed by atoms with Gasteiger partial charge in [-0.2, -0.15) is 0 Å². The molecule has 0 aromatic carbocycles. The fourth-order valence-corrected chi connectivity index (χ4v) is 0.864. The van der Waals surface area contributed by atoms with Gasteiger partial charge in [-0.25, -0.2) is 0 Å². The van der Waals surface area contributed by atoms with Gasteiger partial charge < -0.3 is 0 Å². The summed E-state index contributed by atoms with van der Waals surface area (Å²) < 4.78 is 0. The zero-order chi connectivity index (χ0) is 17.1. The molecule has 0 aliphatic rings. The van der Waals surface area contributed by atoms with Crippen molar-refractivity contribution >= 4 is 0 Å². The minimum atomic E-state index is 0.954. The quantitative estimate of drug-likeness (QED) is 0.361. The van der Waals surface area contributed by atoms with Gasteiger partial charge in [-0.15, -0.1) is 13.2 Å². The number of rotatable bonds is 5. The van der Waals surface area contributed by atoms with Gasteiger partial charge in [0.25, 0.3) is 0 Å². The maximum Gasteiger partial charge on any atom is -0.0236 e. The molecule has 0 aromatic heterocycles. The van der Waals surface area contributed by atoms with Crippen LogP contribution in [0.4, 0.5) is 0 Å². The maximum absolute atomic E-state index is 3.98. The largest absolute Gasteiger partial charge is 0.106 e. The molecule has 0 saturated carbocycles. The third kappa shape index (κ3) is 16.4. The van der Waals surface area contributed by atoms with Gasteiger partial charge in [-0.05, 0) is 37.0 Å². The van der Waals surface area contributed by atoms with E-state index in [0.717, 1.165) is 23.1 Å². The van der Waals surface area contributed by atoms with Crippen LogP contribution in [0.1, 0.15) is 54.9 Å². The standard InChI is InChI=1S/C14H20.2C2H6.C2H4/c1-7-11(3)9-10-13(5)14(6)12(4)8-2;3*1-2/h8-10H,3,5-7H2,1-2,4H3;2*1-2H3;1-2H2/b10-9-,12-8-;;;. The normalized spacial score (nSPS) is 9.05. The monoisotopic (exact) mass is 276 g/mol. The summed E-state index contributed by atoms with van der Waals surface area (Å²) >= 11 is 0. The first-order chi connectivity index (χ1) is 9.52. The maximum atomic E-state index is 3.98. The summed E-state index contributed by atoms with van der Waals surface area (Å²) in [6, 6.07) is 0. The molecule has 0 N–H and O–H groups in total. The van der Waals surface area contributed by atoms with Crippen LogP contribution in [0.25, 0.3) is 0 Å². The fourth-order valence-electron chi connectivity index (χ4n) is 0.864. The molecule has 0 aromatic rings. The third-order valence-electron chi connectivity index (χ3n) is 2.27. The van der Waals surface area contributed by atoms with Gasteiger partial charge in [0.05, 0.1) is 0 Å². The predicted octanol–water partition coefficient (Wildman–Crippen LogP) is 7.44. The molecule has 0 spiro atoms. The second-order valence-electron chi connectivity index (χ2n) is 3.32. The summed E-state index contributed by atoms with van der Waals surface area (Å²) in [6.45, 7) is 32.0. The van der Waals surface area contributed by atoms with Crippen LogP contribution < -0.4 is 0 Å². The molecule has 0 unspecified atom stereocenters.